The van der Waals surface area contributed by atoms with Crippen molar-refractivity contribution in [3.63, 3.8) is 0 Å². The Morgan fingerprint density at radius 3 is 2.18 bits per heavy atom. The van der Waals surface area contributed by atoms with Gasteiger partial charge >= 0.3 is 5.69 Å². The Labute approximate surface area is 193 Å². The molecule has 1 aromatic heterocycles. The van der Waals surface area contributed by atoms with E-state index in [0.717, 1.165) is 49.4 Å². The van der Waals surface area contributed by atoms with Crippen molar-refractivity contribution in [1.82, 2.24) is 14.5 Å². The first-order valence-corrected chi connectivity index (χ1v) is 11.4. The van der Waals surface area contributed by atoms with Crippen molar-refractivity contribution in [2.75, 3.05) is 13.1 Å². The molecule has 6 nitrogen and oxygen atoms in total. The van der Waals surface area contributed by atoms with Gasteiger partial charge in [0.2, 0.25) is 11.6 Å². The molecule has 0 bridgehead atoms. The number of H-pyrrole nitrogens is 1. The number of likely N-dealkylation sites (tertiary alicyclic amines) is 1. The molecule has 0 atom stereocenters. The van der Waals surface area contributed by atoms with Crippen molar-refractivity contribution in [3.8, 4) is 0 Å². The van der Waals surface area contributed by atoms with Gasteiger partial charge in [-0.2, -0.15) is 0 Å². The molecule has 1 N–H and O–H groups in total. The zero-order valence-electron chi connectivity index (χ0n) is 19.1. The average Bonchev–Trinajstić information content (AvgIpc) is 3.12. The van der Waals surface area contributed by atoms with Crippen molar-refractivity contribution in [3.05, 3.63) is 99.2 Å². The van der Waals surface area contributed by atoms with Crippen LogP contribution in [0, 0.1) is 6.92 Å². The Hall–Kier alpha value is -3.51. The Balaban J connectivity index is 1.36. The number of nitrogens with one attached hydrogen (secondary N) is 1. The lowest BCUT2D eigenvalue weighted by Crippen LogP contribution is -2.37. The van der Waals surface area contributed by atoms with E-state index in [0.29, 0.717) is 11.1 Å². The standard InChI is InChI=1S/C27H29N3O3/c1-3-7-24-19(2)28-27(33)30(24)23-14-16-29(17-15-23)18-20-10-12-22(13-11-20)26(32)25(31)21-8-5-4-6-9-21/h3-13,23H,14-18H2,1-2H3,(H,28,33)/b7-3-. The lowest BCUT2D eigenvalue weighted by molar-refractivity contribution is 0.0817. The normalized spacial score (nSPS) is 15.2. The van der Waals surface area contributed by atoms with Crippen LogP contribution in [0.4, 0.5) is 0 Å². The van der Waals surface area contributed by atoms with E-state index in [4.69, 9.17) is 0 Å². The van der Waals surface area contributed by atoms with E-state index in [1.54, 1.807) is 36.4 Å². The summed E-state index contributed by atoms with van der Waals surface area (Å²) >= 11 is 0. The van der Waals surface area contributed by atoms with Crippen LogP contribution in [-0.2, 0) is 6.54 Å². The lowest BCUT2D eigenvalue weighted by Gasteiger charge is -2.32. The number of benzene rings is 2. The van der Waals surface area contributed by atoms with Crippen LogP contribution in [0.3, 0.4) is 0 Å². The number of allylic oxidation sites excluding steroid dienone is 1. The summed E-state index contributed by atoms with van der Waals surface area (Å²) in [7, 11) is 0. The third-order valence-corrected chi connectivity index (χ3v) is 6.27. The SMILES string of the molecule is C/C=C\c1c(C)[nH]c(=O)n1C1CCN(Cc2ccc(C(=O)C(=O)c3ccccc3)cc2)CC1. The third kappa shape index (κ3) is 4.96. The van der Waals surface area contributed by atoms with E-state index >= 15 is 0 Å². The molecular formula is C27H29N3O3. The Kier molecular flexibility index (Phi) is 6.84. The largest absolute Gasteiger partial charge is 0.326 e. The van der Waals surface area contributed by atoms with Crippen LogP contribution in [0.2, 0.25) is 0 Å². The molecular weight excluding hydrogens is 414 g/mol. The fourth-order valence-electron chi connectivity index (χ4n) is 4.51. The molecule has 1 aliphatic heterocycles. The summed E-state index contributed by atoms with van der Waals surface area (Å²) in [5.74, 6) is -0.976. The van der Waals surface area contributed by atoms with Gasteiger partial charge in [-0.3, -0.25) is 19.1 Å². The van der Waals surface area contributed by atoms with E-state index < -0.39 is 11.6 Å². The molecule has 170 valence electrons. The fourth-order valence-corrected chi connectivity index (χ4v) is 4.51. The van der Waals surface area contributed by atoms with E-state index in [-0.39, 0.29) is 11.7 Å². The van der Waals surface area contributed by atoms with Gasteiger partial charge in [-0.25, -0.2) is 4.79 Å². The van der Waals surface area contributed by atoms with Crippen LogP contribution in [-0.4, -0.2) is 39.1 Å². The maximum atomic E-state index is 12.5. The summed E-state index contributed by atoms with van der Waals surface area (Å²) in [5, 5.41) is 0. The minimum Gasteiger partial charge on any atom is -0.310 e. The monoisotopic (exact) mass is 443 g/mol. The summed E-state index contributed by atoms with van der Waals surface area (Å²) in [4.78, 5) is 42.7. The van der Waals surface area contributed by atoms with Crippen LogP contribution in [0.5, 0.6) is 0 Å². The highest BCUT2D eigenvalue weighted by atomic mass is 16.2. The molecule has 3 aromatic rings. The van der Waals surface area contributed by atoms with Crippen molar-refractivity contribution < 1.29 is 9.59 Å². The van der Waals surface area contributed by atoms with Crippen LogP contribution in [0.15, 0.2) is 65.5 Å². The number of carbonyl (C=O) groups is 2. The first-order valence-electron chi connectivity index (χ1n) is 11.4. The Bertz CT molecular complexity index is 1210. The topological polar surface area (TPSA) is 75.2 Å². The molecule has 1 fully saturated rings. The highest BCUT2D eigenvalue weighted by Gasteiger charge is 2.24. The molecule has 0 radical (unpaired) electrons. The second kappa shape index (κ2) is 9.96. The predicted octanol–water partition coefficient (Wildman–Crippen LogP) is 4.42. The van der Waals surface area contributed by atoms with Gasteiger partial charge in [0, 0.05) is 42.5 Å². The summed E-state index contributed by atoms with van der Waals surface area (Å²) in [6.45, 7) is 6.45. The highest BCUT2D eigenvalue weighted by Crippen LogP contribution is 2.25. The molecule has 6 heteroatoms. The van der Waals surface area contributed by atoms with Crippen LogP contribution in [0.1, 0.15) is 63.5 Å². The molecule has 0 saturated carbocycles. The number of aromatic amines is 1. The Morgan fingerprint density at radius 1 is 0.970 bits per heavy atom. The van der Waals surface area contributed by atoms with Crippen molar-refractivity contribution in [2.45, 2.75) is 39.3 Å². The first-order chi connectivity index (χ1) is 16.0. The van der Waals surface area contributed by atoms with Crippen LogP contribution < -0.4 is 5.69 Å². The zero-order valence-corrected chi connectivity index (χ0v) is 19.1. The lowest BCUT2D eigenvalue weighted by atomic mass is 10.00. The maximum Gasteiger partial charge on any atom is 0.326 e. The minimum atomic E-state index is -0.488. The first kappa shape index (κ1) is 22.7. The number of ketones is 2. The predicted molar refractivity (Wildman–Crippen MR) is 130 cm³/mol. The van der Waals surface area contributed by atoms with E-state index in [1.807, 2.05) is 48.8 Å². The number of Topliss-reactive ketones (excluding diaryl/α,β-unsaturated/α-hetero) is 2. The van der Waals surface area contributed by atoms with Gasteiger partial charge in [0.25, 0.3) is 0 Å². The number of hydrogen-bond donors (Lipinski definition) is 1. The van der Waals surface area contributed by atoms with Crippen molar-refractivity contribution in [2.24, 2.45) is 0 Å². The van der Waals surface area contributed by atoms with Crippen LogP contribution in [0.25, 0.3) is 6.08 Å². The number of imidazole rings is 1. The fraction of sp³-hybridized carbons (Fsp3) is 0.296. The molecule has 2 aromatic carbocycles. The number of rotatable bonds is 7. The number of piperidine rings is 1. The molecule has 0 unspecified atom stereocenters. The zero-order chi connectivity index (χ0) is 23.4. The van der Waals surface area contributed by atoms with E-state index in [2.05, 4.69) is 9.88 Å². The Morgan fingerprint density at radius 2 is 1.58 bits per heavy atom. The maximum absolute atomic E-state index is 12.5. The molecule has 4 rings (SSSR count). The molecule has 33 heavy (non-hydrogen) atoms. The van der Waals surface area contributed by atoms with Gasteiger partial charge in [0.15, 0.2) is 0 Å². The highest BCUT2D eigenvalue weighted by molar-refractivity contribution is 6.49. The summed E-state index contributed by atoms with van der Waals surface area (Å²) in [6.07, 6.45) is 5.77. The van der Waals surface area contributed by atoms with Gasteiger partial charge < -0.3 is 4.98 Å². The molecule has 1 saturated heterocycles. The quantitative estimate of drug-likeness (QED) is 0.433. The van der Waals surface area contributed by atoms with Gasteiger partial charge in [-0.15, -0.1) is 0 Å². The minimum absolute atomic E-state index is 0.0376. The van der Waals surface area contributed by atoms with Crippen LogP contribution >= 0.6 is 0 Å². The van der Waals surface area contributed by atoms with Crippen molar-refractivity contribution in [1.29, 1.82) is 0 Å². The molecule has 0 spiro atoms. The van der Waals surface area contributed by atoms with Gasteiger partial charge in [-0.1, -0.05) is 60.7 Å². The van der Waals surface area contributed by atoms with E-state index in [9.17, 15) is 14.4 Å². The summed E-state index contributed by atoms with van der Waals surface area (Å²) in [6, 6.07) is 16.1. The summed E-state index contributed by atoms with van der Waals surface area (Å²) in [5.41, 5.74) is 3.74. The third-order valence-electron chi connectivity index (χ3n) is 6.27. The molecule has 0 aliphatic carbocycles. The molecule has 0 amide bonds. The smallest absolute Gasteiger partial charge is 0.310 e. The number of hydrogen-bond acceptors (Lipinski definition) is 4. The second-order valence-corrected chi connectivity index (χ2v) is 8.54. The van der Waals surface area contributed by atoms with Gasteiger partial charge in [0.1, 0.15) is 0 Å². The number of aryl methyl sites for hydroxylation is 1. The average molecular weight is 444 g/mol. The van der Waals surface area contributed by atoms with E-state index in [1.165, 1.54) is 0 Å². The number of aromatic nitrogens is 2. The second-order valence-electron chi connectivity index (χ2n) is 8.54. The van der Waals surface area contributed by atoms with Gasteiger partial charge in [-0.05, 0) is 38.3 Å². The summed E-state index contributed by atoms with van der Waals surface area (Å²) < 4.78 is 1.90. The van der Waals surface area contributed by atoms with Crippen molar-refractivity contribution >= 4 is 17.6 Å². The molecule has 1 aliphatic rings. The number of carbonyl (C=O) groups excluding carboxylic acids is 2. The number of nitrogens with zero attached hydrogens (tertiary/aromatic N) is 2. The van der Waals surface area contributed by atoms with Gasteiger partial charge in [0.05, 0.1) is 5.69 Å². The molecule has 2 heterocycles.